The molecular weight excluding hydrogens is 246 g/mol. The molecular formula is C14H25NO4. The van der Waals surface area contributed by atoms with Crippen molar-refractivity contribution in [1.29, 1.82) is 0 Å². The van der Waals surface area contributed by atoms with Crippen LogP contribution in [0.1, 0.15) is 39.5 Å². The van der Waals surface area contributed by atoms with Gasteiger partial charge < -0.3 is 15.2 Å². The maximum absolute atomic E-state index is 11.8. The molecule has 110 valence electrons. The van der Waals surface area contributed by atoms with E-state index < -0.39 is 5.97 Å². The molecule has 5 nitrogen and oxygen atoms in total. The molecule has 0 amide bonds. The van der Waals surface area contributed by atoms with Crippen LogP contribution in [-0.4, -0.2) is 36.7 Å². The van der Waals surface area contributed by atoms with Gasteiger partial charge in [0, 0.05) is 13.5 Å². The molecule has 2 rings (SSSR count). The maximum Gasteiger partial charge on any atom is 0.310 e. The van der Waals surface area contributed by atoms with Gasteiger partial charge in [0.2, 0.25) is 0 Å². The number of aliphatic carboxylic acids is 1. The first-order valence-electron chi connectivity index (χ1n) is 7.13. The molecule has 2 aliphatic rings. The number of ether oxygens (including phenoxy) is 1. The summed E-state index contributed by atoms with van der Waals surface area (Å²) in [7, 11) is 0. The topological polar surface area (TPSA) is 75.6 Å². The number of carboxylic acid groups (broad SMARTS) is 1. The fraction of sp³-hybridized carbons (Fsp3) is 0.857. The van der Waals surface area contributed by atoms with Crippen LogP contribution >= 0.6 is 0 Å². The summed E-state index contributed by atoms with van der Waals surface area (Å²) in [6, 6.07) is 0. The first kappa shape index (κ1) is 16.0. The van der Waals surface area contributed by atoms with Crippen molar-refractivity contribution in [2.24, 2.45) is 17.8 Å². The molecule has 1 saturated carbocycles. The highest BCUT2D eigenvalue weighted by Gasteiger charge is 2.39. The SMILES string of the molecule is CC(=O)O.CCOC(=O)[C@H]1CNC[C@H]2CCCC[C@H]21. The second-order valence-corrected chi connectivity index (χ2v) is 5.24. The number of hydrogen-bond acceptors (Lipinski definition) is 4. The second kappa shape index (κ2) is 8.15. The van der Waals surface area contributed by atoms with Crippen LogP contribution in [0.15, 0.2) is 0 Å². The second-order valence-electron chi connectivity index (χ2n) is 5.24. The summed E-state index contributed by atoms with van der Waals surface area (Å²) in [5.74, 6) is 0.589. The van der Waals surface area contributed by atoms with Crippen LogP contribution in [0, 0.1) is 17.8 Å². The maximum atomic E-state index is 11.8. The molecule has 1 aliphatic carbocycles. The zero-order chi connectivity index (χ0) is 14.3. The van der Waals surface area contributed by atoms with Crippen LogP contribution in [-0.2, 0) is 14.3 Å². The molecule has 0 aromatic rings. The number of carbonyl (C=O) groups excluding carboxylic acids is 1. The van der Waals surface area contributed by atoms with E-state index in [4.69, 9.17) is 14.6 Å². The Morgan fingerprint density at radius 2 is 1.89 bits per heavy atom. The number of piperidine rings is 1. The number of hydrogen-bond donors (Lipinski definition) is 2. The average Bonchev–Trinajstić information content (AvgIpc) is 2.37. The zero-order valence-corrected chi connectivity index (χ0v) is 11.9. The van der Waals surface area contributed by atoms with Gasteiger partial charge in [-0.05, 0) is 38.1 Å². The Hall–Kier alpha value is -1.10. The van der Waals surface area contributed by atoms with Crippen molar-refractivity contribution in [3.8, 4) is 0 Å². The normalized spacial score (nSPS) is 29.5. The summed E-state index contributed by atoms with van der Waals surface area (Å²) in [5.41, 5.74) is 0. The quantitative estimate of drug-likeness (QED) is 0.747. The van der Waals surface area contributed by atoms with E-state index in [1.807, 2.05) is 6.92 Å². The molecule has 2 N–H and O–H groups in total. The highest BCUT2D eigenvalue weighted by molar-refractivity contribution is 5.73. The van der Waals surface area contributed by atoms with Crippen LogP contribution in [0.3, 0.4) is 0 Å². The number of esters is 1. The molecule has 0 unspecified atom stereocenters. The number of carboxylic acids is 1. The lowest BCUT2D eigenvalue weighted by atomic mass is 9.70. The molecule has 1 heterocycles. The van der Waals surface area contributed by atoms with E-state index in [0.717, 1.165) is 20.0 Å². The monoisotopic (exact) mass is 271 g/mol. The summed E-state index contributed by atoms with van der Waals surface area (Å²) in [6.45, 7) is 5.39. The van der Waals surface area contributed by atoms with Gasteiger partial charge in [0.1, 0.15) is 0 Å². The van der Waals surface area contributed by atoms with Crippen molar-refractivity contribution in [2.75, 3.05) is 19.7 Å². The molecule has 3 atom stereocenters. The lowest BCUT2D eigenvalue weighted by Gasteiger charge is -2.40. The minimum absolute atomic E-state index is 0.0154. The van der Waals surface area contributed by atoms with E-state index in [-0.39, 0.29) is 11.9 Å². The van der Waals surface area contributed by atoms with Crippen molar-refractivity contribution in [3.05, 3.63) is 0 Å². The van der Waals surface area contributed by atoms with Gasteiger partial charge in [-0.3, -0.25) is 9.59 Å². The lowest BCUT2D eigenvalue weighted by molar-refractivity contribution is -0.152. The van der Waals surface area contributed by atoms with Crippen molar-refractivity contribution in [2.45, 2.75) is 39.5 Å². The van der Waals surface area contributed by atoms with Crippen molar-refractivity contribution < 1.29 is 19.4 Å². The predicted molar refractivity (Wildman–Crippen MR) is 71.8 cm³/mol. The Labute approximate surface area is 114 Å². The first-order chi connectivity index (χ1) is 9.06. The number of fused-ring (bicyclic) bond motifs is 1. The smallest absolute Gasteiger partial charge is 0.310 e. The Bertz CT molecular complexity index is 300. The molecule has 1 saturated heterocycles. The van der Waals surface area contributed by atoms with Crippen LogP contribution in [0.2, 0.25) is 0 Å². The molecule has 1 aliphatic heterocycles. The van der Waals surface area contributed by atoms with Crippen molar-refractivity contribution in [3.63, 3.8) is 0 Å². The Morgan fingerprint density at radius 1 is 1.26 bits per heavy atom. The van der Waals surface area contributed by atoms with Crippen molar-refractivity contribution >= 4 is 11.9 Å². The standard InChI is InChI=1S/C12H21NO2.C2H4O2/c1-2-15-12(14)11-8-13-7-9-5-3-4-6-10(9)11;1-2(3)4/h9-11,13H,2-8H2,1H3;1H3,(H,3,4)/t9-,10-,11+;/m1./s1. The highest BCUT2D eigenvalue weighted by atomic mass is 16.5. The molecule has 0 radical (unpaired) electrons. The molecule has 2 fully saturated rings. The summed E-state index contributed by atoms with van der Waals surface area (Å²) >= 11 is 0. The first-order valence-corrected chi connectivity index (χ1v) is 7.13. The van der Waals surface area contributed by atoms with E-state index in [9.17, 15) is 4.79 Å². The Kier molecular flexibility index (Phi) is 6.84. The molecule has 0 aromatic carbocycles. The summed E-state index contributed by atoms with van der Waals surface area (Å²) in [4.78, 5) is 20.8. The van der Waals surface area contributed by atoms with E-state index in [1.165, 1.54) is 25.7 Å². The summed E-state index contributed by atoms with van der Waals surface area (Å²) in [6.07, 6.45) is 5.12. The third-order valence-electron chi connectivity index (χ3n) is 3.84. The van der Waals surface area contributed by atoms with Crippen molar-refractivity contribution in [1.82, 2.24) is 5.32 Å². The van der Waals surface area contributed by atoms with Crippen LogP contribution < -0.4 is 5.32 Å². The highest BCUT2D eigenvalue weighted by Crippen LogP contribution is 2.37. The predicted octanol–water partition coefficient (Wildman–Crippen LogP) is 1.67. The van der Waals surface area contributed by atoms with Gasteiger partial charge >= 0.3 is 5.97 Å². The summed E-state index contributed by atoms with van der Waals surface area (Å²) < 4.78 is 5.15. The molecule has 0 spiro atoms. The van der Waals surface area contributed by atoms with E-state index in [2.05, 4.69) is 5.32 Å². The van der Waals surface area contributed by atoms with E-state index in [0.29, 0.717) is 18.4 Å². The molecule has 19 heavy (non-hydrogen) atoms. The van der Waals surface area contributed by atoms with E-state index in [1.54, 1.807) is 0 Å². The number of nitrogens with one attached hydrogen (secondary N) is 1. The van der Waals surface area contributed by atoms with Crippen LogP contribution in [0.5, 0.6) is 0 Å². The van der Waals surface area contributed by atoms with Gasteiger partial charge in [0.05, 0.1) is 12.5 Å². The third kappa shape index (κ3) is 5.19. The minimum atomic E-state index is -0.833. The minimum Gasteiger partial charge on any atom is -0.481 e. The Morgan fingerprint density at radius 3 is 2.53 bits per heavy atom. The number of carbonyl (C=O) groups is 2. The van der Waals surface area contributed by atoms with Gasteiger partial charge in [-0.1, -0.05) is 12.8 Å². The van der Waals surface area contributed by atoms with Gasteiger partial charge in [0.25, 0.3) is 5.97 Å². The third-order valence-corrected chi connectivity index (χ3v) is 3.84. The van der Waals surface area contributed by atoms with Gasteiger partial charge in [0.15, 0.2) is 0 Å². The molecule has 0 aromatic heterocycles. The molecule has 0 bridgehead atoms. The Balaban J connectivity index is 0.000000399. The number of rotatable bonds is 2. The lowest BCUT2D eigenvalue weighted by Crippen LogP contribution is -2.48. The zero-order valence-electron chi connectivity index (χ0n) is 11.9. The van der Waals surface area contributed by atoms with Gasteiger partial charge in [-0.25, -0.2) is 0 Å². The van der Waals surface area contributed by atoms with Crippen LogP contribution in [0.4, 0.5) is 0 Å². The van der Waals surface area contributed by atoms with Gasteiger partial charge in [-0.15, -0.1) is 0 Å². The van der Waals surface area contributed by atoms with E-state index >= 15 is 0 Å². The molecule has 5 heteroatoms. The summed E-state index contributed by atoms with van der Waals surface area (Å²) in [5, 5.41) is 10.8. The van der Waals surface area contributed by atoms with Gasteiger partial charge in [-0.2, -0.15) is 0 Å². The fourth-order valence-corrected chi connectivity index (χ4v) is 3.10. The van der Waals surface area contributed by atoms with Crippen LogP contribution in [0.25, 0.3) is 0 Å². The average molecular weight is 271 g/mol. The largest absolute Gasteiger partial charge is 0.481 e. The fourth-order valence-electron chi connectivity index (χ4n) is 3.10.